The first-order chi connectivity index (χ1) is 6.56. The lowest BCUT2D eigenvalue weighted by Crippen LogP contribution is -2.21. The number of aliphatic carboxylic acids is 1. The summed E-state index contributed by atoms with van der Waals surface area (Å²) < 4.78 is 4.93. The van der Waals surface area contributed by atoms with E-state index in [1.807, 2.05) is 0 Å². The molecule has 1 aromatic heterocycles. The van der Waals surface area contributed by atoms with Crippen molar-refractivity contribution in [1.29, 1.82) is 0 Å². The largest absolute Gasteiger partial charge is 0.496 e. The van der Waals surface area contributed by atoms with Gasteiger partial charge in [0.05, 0.1) is 7.11 Å². The fourth-order valence-corrected chi connectivity index (χ4v) is 1.11. The molecule has 1 atom stereocenters. The zero-order valence-electron chi connectivity index (χ0n) is 7.40. The van der Waals surface area contributed by atoms with Crippen LogP contribution >= 0.6 is 11.6 Å². The van der Waals surface area contributed by atoms with Crippen LogP contribution in [0.1, 0.15) is 11.6 Å². The van der Waals surface area contributed by atoms with Gasteiger partial charge in [0.1, 0.15) is 16.9 Å². The van der Waals surface area contributed by atoms with Crippen molar-refractivity contribution >= 4 is 17.6 Å². The molecule has 0 bridgehead atoms. The minimum atomic E-state index is -1.16. The minimum absolute atomic E-state index is 0.225. The highest BCUT2D eigenvalue weighted by molar-refractivity contribution is 6.29. The number of carbonyl (C=O) groups is 1. The van der Waals surface area contributed by atoms with Gasteiger partial charge in [-0.1, -0.05) is 11.6 Å². The van der Waals surface area contributed by atoms with Crippen LogP contribution < -0.4 is 10.5 Å². The molecule has 1 aromatic rings. The molecule has 5 nitrogen and oxygen atoms in total. The molecule has 0 aliphatic rings. The first-order valence-electron chi connectivity index (χ1n) is 3.74. The Hall–Kier alpha value is -1.33. The van der Waals surface area contributed by atoms with Crippen molar-refractivity contribution in [3.63, 3.8) is 0 Å². The van der Waals surface area contributed by atoms with Gasteiger partial charge in [-0.3, -0.25) is 4.79 Å². The molecule has 0 radical (unpaired) electrons. The van der Waals surface area contributed by atoms with E-state index >= 15 is 0 Å². The molecule has 0 saturated carbocycles. The van der Waals surface area contributed by atoms with E-state index in [2.05, 4.69) is 4.98 Å². The molecule has 0 saturated heterocycles. The van der Waals surface area contributed by atoms with Gasteiger partial charge in [0, 0.05) is 17.8 Å². The van der Waals surface area contributed by atoms with Crippen molar-refractivity contribution in [2.24, 2.45) is 5.73 Å². The van der Waals surface area contributed by atoms with Gasteiger partial charge in [0.2, 0.25) is 0 Å². The molecule has 1 rings (SSSR count). The Balaban J connectivity index is 3.13. The number of methoxy groups -OCH3 is 1. The third-order valence-corrected chi connectivity index (χ3v) is 1.89. The van der Waals surface area contributed by atoms with E-state index in [4.69, 9.17) is 27.2 Å². The molecule has 0 aromatic carbocycles. The number of carboxylic acids is 1. The number of pyridine rings is 1. The van der Waals surface area contributed by atoms with E-state index in [9.17, 15) is 4.79 Å². The Kier molecular flexibility index (Phi) is 3.27. The Labute approximate surface area is 85.5 Å². The highest BCUT2D eigenvalue weighted by Gasteiger charge is 2.19. The van der Waals surface area contributed by atoms with Crippen LogP contribution in [0, 0.1) is 0 Å². The van der Waals surface area contributed by atoms with E-state index in [-0.39, 0.29) is 5.15 Å². The third-order valence-electron chi connectivity index (χ3n) is 1.68. The summed E-state index contributed by atoms with van der Waals surface area (Å²) in [6.45, 7) is 0. The van der Waals surface area contributed by atoms with Gasteiger partial charge in [-0.05, 0) is 0 Å². The summed E-state index contributed by atoms with van der Waals surface area (Å²) in [7, 11) is 1.41. The maximum absolute atomic E-state index is 10.6. The van der Waals surface area contributed by atoms with E-state index in [0.717, 1.165) is 0 Å². The number of hydrogen-bond donors (Lipinski definition) is 2. The molecular formula is C8H9ClN2O3. The topological polar surface area (TPSA) is 85.4 Å². The Bertz CT molecular complexity index is 356. The summed E-state index contributed by atoms with van der Waals surface area (Å²) in [5.74, 6) is -0.827. The summed E-state index contributed by atoms with van der Waals surface area (Å²) in [5, 5.41) is 8.91. The Morgan fingerprint density at radius 2 is 2.43 bits per heavy atom. The second-order valence-electron chi connectivity index (χ2n) is 2.56. The van der Waals surface area contributed by atoms with Crippen LogP contribution in [0.15, 0.2) is 12.3 Å². The number of ether oxygens (including phenoxy) is 1. The van der Waals surface area contributed by atoms with Gasteiger partial charge in [-0.25, -0.2) is 4.98 Å². The first-order valence-corrected chi connectivity index (χ1v) is 4.12. The number of carboxylic acid groups (broad SMARTS) is 1. The quantitative estimate of drug-likeness (QED) is 0.731. The van der Waals surface area contributed by atoms with Crippen LogP contribution in [-0.4, -0.2) is 23.2 Å². The normalized spacial score (nSPS) is 12.2. The van der Waals surface area contributed by atoms with Crippen LogP contribution in [0.25, 0.3) is 0 Å². The van der Waals surface area contributed by atoms with E-state index in [1.165, 1.54) is 19.4 Å². The SMILES string of the molecule is COc1cc(Cl)ncc1C(N)C(=O)O. The predicted octanol–water partition coefficient (Wildman–Crippen LogP) is 0.828. The smallest absolute Gasteiger partial charge is 0.325 e. The van der Waals surface area contributed by atoms with E-state index in [1.54, 1.807) is 0 Å². The highest BCUT2D eigenvalue weighted by atomic mass is 35.5. The summed E-state index contributed by atoms with van der Waals surface area (Å²) in [5.41, 5.74) is 5.70. The maximum Gasteiger partial charge on any atom is 0.325 e. The van der Waals surface area contributed by atoms with Crippen molar-refractivity contribution in [2.45, 2.75) is 6.04 Å². The lowest BCUT2D eigenvalue weighted by atomic mass is 10.1. The summed E-state index contributed by atoms with van der Waals surface area (Å²) in [6, 6.07) is 0.259. The summed E-state index contributed by atoms with van der Waals surface area (Å²) in [4.78, 5) is 14.3. The van der Waals surface area contributed by atoms with Crippen LogP contribution in [0.4, 0.5) is 0 Å². The van der Waals surface area contributed by atoms with Gasteiger partial charge in [0.15, 0.2) is 0 Å². The number of halogens is 1. The van der Waals surface area contributed by atoms with Crippen molar-refractivity contribution in [2.75, 3.05) is 7.11 Å². The number of rotatable bonds is 3. The molecule has 6 heteroatoms. The molecule has 76 valence electrons. The summed E-state index contributed by atoms with van der Waals surface area (Å²) >= 11 is 5.60. The van der Waals surface area contributed by atoms with Crippen molar-refractivity contribution in [3.8, 4) is 5.75 Å². The number of hydrogen-bond acceptors (Lipinski definition) is 4. The summed E-state index contributed by atoms with van der Waals surface area (Å²) in [6.07, 6.45) is 1.29. The molecule has 0 fully saturated rings. The van der Waals surface area contributed by atoms with Gasteiger partial charge >= 0.3 is 5.97 Å². The Morgan fingerprint density at radius 1 is 1.79 bits per heavy atom. The highest BCUT2D eigenvalue weighted by Crippen LogP contribution is 2.25. The molecule has 3 N–H and O–H groups in total. The zero-order valence-corrected chi connectivity index (χ0v) is 8.15. The number of aromatic nitrogens is 1. The van der Waals surface area contributed by atoms with Gasteiger partial charge < -0.3 is 15.6 Å². The first kappa shape index (κ1) is 10.7. The average Bonchev–Trinajstić information content (AvgIpc) is 2.16. The number of nitrogens with two attached hydrogens (primary N) is 1. The molecule has 0 amide bonds. The standard InChI is InChI=1S/C8H9ClN2O3/c1-14-5-2-6(9)11-3-4(5)7(10)8(12)13/h2-3,7H,10H2,1H3,(H,12,13). The monoisotopic (exact) mass is 216 g/mol. The van der Waals surface area contributed by atoms with Crippen molar-refractivity contribution in [3.05, 3.63) is 23.0 Å². The van der Waals surface area contributed by atoms with Crippen LogP contribution in [0.2, 0.25) is 5.15 Å². The molecule has 0 aliphatic carbocycles. The molecule has 1 unspecified atom stereocenters. The van der Waals surface area contributed by atoms with E-state index in [0.29, 0.717) is 11.3 Å². The second kappa shape index (κ2) is 4.26. The van der Waals surface area contributed by atoms with Gasteiger partial charge in [-0.2, -0.15) is 0 Å². The maximum atomic E-state index is 10.6. The molecule has 0 aliphatic heterocycles. The zero-order chi connectivity index (χ0) is 10.7. The molecule has 1 heterocycles. The van der Waals surface area contributed by atoms with Crippen LogP contribution in [0.5, 0.6) is 5.75 Å². The molecule has 14 heavy (non-hydrogen) atoms. The lowest BCUT2D eigenvalue weighted by Gasteiger charge is -2.11. The van der Waals surface area contributed by atoms with Gasteiger partial charge in [-0.15, -0.1) is 0 Å². The fourth-order valence-electron chi connectivity index (χ4n) is 0.967. The number of nitrogens with zero attached hydrogens (tertiary/aromatic N) is 1. The third kappa shape index (κ3) is 2.12. The van der Waals surface area contributed by atoms with Gasteiger partial charge in [0.25, 0.3) is 0 Å². The molecular weight excluding hydrogens is 208 g/mol. The average molecular weight is 217 g/mol. The minimum Gasteiger partial charge on any atom is -0.496 e. The predicted molar refractivity (Wildman–Crippen MR) is 50.4 cm³/mol. The van der Waals surface area contributed by atoms with Crippen molar-refractivity contribution in [1.82, 2.24) is 4.98 Å². The van der Waals surface area contributed by atoms with Crippen LogP contribution in [-0.2, 0) is 4.79 Å². The molecule has 0 spiro atoms. The van der Waals surface area contributed by atoms with E-state index < -0.39 is 12.0 Å². The fraction of sp³-hybridized carbons (Fsp3) is 0.250. The van der Waals surface area contributed by atoms with Crippen molar-refractivity contribution < 1.29 is 14.6 Å². The lowest BCUT2D eigenvalue weighted by molar-refractivity contribution is -0.138. The van der Waals surface area contributed by atoms with Crippen LogP contribution in [0.3, 0.4) is 0 Å². The second-order valence-corrected chi connectivity index (χ2v) is 2.95. The Morgan fingerprint density at radius 3 is 2.93 bits per heavy atom.